The minimum absolute atomic E-state index is 0.0239. The molecule has 0 unspecified atom stereocenters. The molecule has 0 atom stereocenters. The summed E-state index contributed by atoms with van der Waals surface area (Å²) >= 11 is 3.67. The molecule has 1 aliphatic heterocycles. The second-order valence-electron chi connectivity index (χ2n) is 8.75. The van der Waals surface area contributed by atoms with E-state index in [0.717, 1.165) is 64.4 Å². The van der Waals surface area contributed by atoms with Gasteiger partial charge in [0.2, 0.25) is 0 Å². The molecular formula is C25H28BrN7O. The topological polar surface area (TPSA) is 101 Å². The number of nitrogens with zero attached hydrogens (tertiary/aromatic N) is 5. The Bertz CT molecular complexity index is 1340. The molecule has 0 spiro atoms. The van der Waals surface area contributed by atoms with Crippen LogP contribution >= 0.6 is 15.9 Å². The standard InChI is InChI=1S/C25H28BrN7O/c1-2-3-10-28-25(34)32-11-8-16(9-12-32)22-21(26)23(27)33-24(31-22)19(15-30-33)18-13-17-6-4-5-7-20(17)29-14-18/h4-7,13-16H,2-3,8-12,27H2,1H3,(H,28,34). The number of benzene rings is 1. The van der Waals surface area contributed by atoms with Crippen LogP contribution in [0.15, 0.2) is 47.2 Å². The maximum absolute atomic E-state index is 12.4. The van der Waals surface area contributed by atoms with E-state index in [1.165, 1.54) is 0 Å². The number of nitrogen functional groups attached to an aromatic ring is 1. The lowest BCUT2D eigenvalue weighted by atomic mass is 9.93. The summed E-state index contributed by atoms with van der Waals surface area (Å²) < 4.78 is 2.45. The lowest BCUT2D eigenvalue weighted by Gasteiger charge is -2.32. The van der Waals surface area contributed by atoms with E-state index < -0.39 is 0 Å². The van der Waals surface area contributed by atoms with Crippen molar-refractivity contribution in [2.24, 2.45) is 0 Å². The molecule has 4 heterocycles. The molecule has 0 bridgehead atoms. The third kappa shape index (κ3) is 4.20. The average molecular weight is 522 g/mol. The predicted octanol–water partition coefficient (Wildman–Crippen LogP) is 4.98. The second-order valence-corrected chi connectivity index (χ2v) is 9.55. The van der Waals surface area contributed by atoms with Gasteiger partial charge < -0.3 is 16.0 Å². The van der Waals surface area contributed by atoms with Crippen molar-refractivity contribution in [2.75, 3.05) is 25.4 Å². The van der Waals surface area contributed by atoms with Crippen molar-refractivity contribution in [3.8, 4) is 11.1 Å². The highest BCUT2D eigenvalue weighted by Crippen LogP contribution is 2.37. The largest absolute Gasteiger partial charge is 0.383 e. The van der Waals surface area contributed by atoms with Crippen LogP contribution in [0.25, 0.3) is 27.7 Å². The summed E-state index contributed by atoms with van der Waals surface area (Å²) in [6.07, 6.45) is 7.39. The first-order valence-corrected chi connectivity index (χ1v) is 12.6. The van der Waals surface area contributed by atoms with Gasteiger partial charge in [0.05, 0.1) is 21.9 Å². The molecule has 4 aromatic rings. The predicted molar refractivity (Wildman–Crippen MR) is 138 cm³/mol. The average Bonchev–Trinajstić information content (AvgIpc) is 3.30. The highest BCUT2D eigenvalue weighted by atomic mass is 79.9. The van der Waals surface area contributed by atoms with Gasteiger partial charge >= 0.3 is 6.03 Å². The van der Waals surface area contributed by atoms with E-state index in [9.17, 15) is 4.79 Å². The smallest absolute Gasteiger partial charge is 0.317 e. The number of pyridine rings is 1. The summed E-state index contributed by atoms with van der Waals surface area (Å²) in [5.41, 5.74) is 10.9. The number of nitrogens with two attached hydrogens (primary N) is 1. The number of rotatable bonds is 5. The molecule has 3 aromatic heterocycles. The fourth-order valence-electron chi connectivity index (χ4n) is 4.55. The van der Waals surface area contributed by atoms with Crippen LogP contribution in [0.1, 0.15) is 44.2 Å². The number of hydrogen-bond donors (Lipinski definition) is 2. The van der Waals surface area contributed by atoms with E-state index in [-0.39, 0.29) is 11.9 Å². The number of unbranched alkanes of at least 4 members (excludes halogenated alkanes) is 1. The highest BCUT2D eigenvalue weighted by molar-refractivity contribution is 9.10. The van der Waals surface area contributed by atoms with Gasteiger partial charge in [0.25, 0.3) is 0 Å². The van der Waals surface area contributed by atoms with Gasteiger partial charge in [-0.15, -0.1) is 0 Å². The molecule has 2 amide bonds. The highest BCUT2D eigenvalue weighted by Gasteiger charge is 2.28. The number of carbonyl (C=O) groups is 1. The number of anilines is 1. The number of nitrogens with one attached hydrogen (secondary N) is 1. The van der Waals surface area contributed by atoms with Gasteiger partial charge in [-0.2, -0.15) is 9.61 Å². The maximum atomic E-state index is 12.4. The van der Waals surface area contributed by atoms with Gasteiger partial charge in [0.15, 0.2) is 5.65 Å². The van der Waals surface area contributed by atoms with Crippen molar-refractivity contribution in [3.05, 3.63) is 52.9 Å². The fraction of sp³-hybridized carbons (Fsp3) is 0.360. The molecule has 0 saturated carbocycles. The van der Waals surface area contributed by atoms with Crippen molar-refractivity contribution >= 4 is 44.3 Å². The Hall–Kier alpha value is -3.20. The number of fused-ring (bicyclic) bond motifs is 2. The Labute approximate surface area is 206 Å². The Morgan fingerprint density at radius 3 is 2.82 bits per heavy atom. The maximum Gasteiger partial charge on any atom is 0.317 e. The lowest BCUT2D eigenvalue weighted by Crippen LogP contribution is -2.44. The molecule has 1 aliphatic rings. The molecule has 9 heteroatoms. The molecule has 0 aliphatic carbocycles. The van der Waals surface area contributed by atoms with Crippen molar-refractivity contribution in [2.45, 2.75) is 38.5 Å². The fourth-order valence-corrected chi connectivity index (χ4v) is 5.13. The molecule has 1 aromatic carbocycles. The van der Waals surface area contributed by atoms with Crippen molar-refractivity contribution in [3.63, 3.8) is 0 Å². The molecule has 8 nitrogen and oxygen atoms in total. The lowest BCUT2D eigenvalue weighted by molar-refractivity contribution is 0.181. The molecule has 34 heavy (non-hydrogen) atoms. The number of hydrogen-bond acceptors (Lipinski definition) is 5. The van der Waals surface area contributed by atoms with Crippen molar-refractivity contribution in [1.82, 2.24) is 29.8 Å². The zero-order chi connectivity index (χ0) is 23.7. The van der Waals surface area contributed by atoms with E-state index >= 15 is 0 Å². The zero-order valence-electron chi connectivity index (χ0n) is 19.2. The van der Waals surface area contributed by atoms with Gasteiger partial charge in [-0.3, -0.25) is 4.98 Å². The quantitative estimate of drug-likeness (QED) is 0.360. The number of halogens is 1. The van der Waals surface area contributed by atoms with E-state index in [4.69, 9.17) is 10.7 Å². The second kappa shape index (κ2) is 9.58. The number of likely N-dealkylation sites (tertiary alicyclic amines) is 1. The zero-order valence-corrected chi connectivity index (χ0v) is 20.8. The van der Waals surface area contributed by atoms with Crippen LogP contribution in [-0.2, 0) is 0 Å². The summed E-state index contributed by atoms with van der Waals surface area (Å²) in [5, 5.41) is 8.58. The molecule has 1 saturated heterocycles. The van der Waals surface area contributed by atoms with Gasteiger partial charge in [-0.1, -0.05) is 31.5 Å². The van der Waals surface area contributed by atoms with E-state index in [2.05, 4.69) is 44.3 Å². The molecule has 0 radical (unpaired) electrons. The molecule has 176 valence electrons. The van der Waals surface area contributed by atoms with Crippen LogP contribution in [-0.4, -0.2) is 50.1 Å². The van der Waals surface area contributed by atoms with Crippen molar-refractivity contribution < 1.29 is 4.79 Å². The summed E-state index contributed by atoms with van der Waals surface area (Å²) in [6, 6.07) is 10.2. The van der Waals surface area contributed by atoms with Crippen LogP contribution in [0.2, 0.25) is 0 Å². The number of amides is 2. The normalized spacial score (nSPS) is 14.7. The van der Waals surface area contributed by atoms with Crippen LogP contribution in [0, 0.1) is 0 Å². The van der Waals surface area contributed by atoms with E-state index in [1.807, 2.05) is 35.4 Å². The van der Waals surface area contributed by atoms with Crippen LogP contribution in [0.3, 0.4) is 0 Å². The van der Waals surface area contributed by atoms with Gasteiger partial charge in [-0.05, 0) is 47.3 Å². The summed E-state index contributed by atoms with van der Waals surface area (Å²) in [7, 11) is 0. The van der Waals surface area contributed by atoms with Crippen LogP contribution < -0.4 is 11.1 Å². The Morgan fingerprint density at radius 1 is 1.24 bits per heavy atom. The van der Waals surface area contributed by atoms with Gasteiger partial charge in [0, 0.05) is 48.3 Å². The minimum atomic E-state index is 0.0239. The third-order valence-electron chi connectivity index (χ3n) is 6.53. The number of urea groups is 1. The third-order valence-corrected chi connectivity index (χ3v) is 7.34. The minimum Gasteiger partial charge on any atom is -0.383 e. The summed E-state index contributed by atoms with van der Waals surface area (Å²) in [5.74, 6) is 0.735. The number of para-hydroxylation sites is 1. The SMILES string of the molecule is CCCCNC(=O)N1CCC(c2nc3c(-c4cnc5ccccc5c4)cnn3c(N)c2Br)CC1. The number of aromatic nitrogens is 4. The molecule has 3 N–H and O–H groups in total. The van der Waals surface area contributed by atoms with E-state index in [0.29, 0.717) is 24.6 Å². The van der Waals surface area contributed by atoms with Gasteiger partial charge in [-0.25, -0.2) is 9.78 Å². The molecule has 1 fully saturated rings. The first-order valence-electron chi connectivity index (χ1n) is 11.8. The van der Waals surface area contributed by atoms with Crippen LogP contribution in [0.5, 0.6) is 0 Å². The number of carbonyl (C=O) groups excluding carboxylic acids is 1. The van der Waals surface area contributed by atoms with Gasteiger partial charge in [0.1, 0.15) is 5.82 Å². The summed E-state index contributed by atoms with van der Waals surface area (Å²) in [6.45, 7) is 4.24. The Morgan fingerprint density at radius 2 is 2.03 bits per heavy atom. The van der Waals surface area contributed by atoms with E-state index in [1.54, 1.807) is 10.7 Å². The monoisotopic (exact) mass is 521 g/mol. The van der Waals surface area contributed by atoms with Crippen molar-refractivity contribution in [1.29, 1.82) is 0 Å². The first-order chi connectivity index (χ1) is 16.6. The van der Waals surface area contributed by atoms with Crippen LogP contribution in [0.4, 0.5) is 10.6 Å². The Balaban J connectivity index is 1.43. The molecule has 5 rings (SSSR count). The molecular weight excluding hydrogens is 494 g/mol. The summed E-state index contributed by atoms with van der Waals surface area (Å²) in [4.78, 5) is 24.0. The number of piperidine rings is 1. The first kappa shape index (κ1) is 22.6. The Kier molecular flexibility index (Phi) is 6.36.